The predicted octanol–water partition coefficient (Wildman–Crippen LogP) is 2.07. The minimum absolute atomic E-state index is 0.333. The van der Waals surface area contributed by atoms with Gasteiger partial charge in [-0.25, -0.2) is 0 Å². The van der Waals surface area contributed by atoms with Gasteiger partial charge < -0.3 is 10.5 Å². The highest BCUT2D eigenvalue weighted by Crippen LogP contribution is 2.58. The number of aromatic nitrogens is 1. The summed E-state index contributed by atoms with van der Waals surface area (Å²) in [4.78, 5) is 18.0. The van der Waals surface area contributed by atoms with Gasteiger partial charge in [0.15, 0.2) is 0 Å². The summed E-state index contributed by atoms with van der Waals surface area (Å²) >= 11 is 0. The van der Waals surface area contributed by atoms with Gasteiger partial charge in [0.1, 0.15) is 0 Å². The van der Waals surface area contributed by atoms with E-state index in [1.807, 2.05) is 0 Å². The van der Waals surface area contributed by atoms with E-state index in [-0.39, 0.29) is 0 Å². The van der Waals surface area contributed by atoms with E-state index in [1.165, 1.54) is 24.7 Å². The fourth-order valence-corrected chi connectivity index (χ4v) is 4.15. The van der Waals surface area contributed by atoms with Crippen molar-refractivity contribution in [2.75, 3.05) is 33.4 Å². The number of hydrogen-bond acceptors (Lipinski definition) is 4. The second-order valence-electron chi connectivity index (χ2n) is 7.19. The zero-order valence-corrected chi connectivity index (χ0v) is 14.4. The number of hydrogen-bond donors (Lipinski definition) is 1. The highest BCUT2D eigenvalue weighted by Gasteiger charge is 2.60. The lowest BCUT2D eigenvalue weighted by atomic mass is 9.93. The fourth-order valence-electron chi connectivity index (χ4n) is 4.15. The van der Waals surface area contributed by atoms with Crippen LogP contribution in [0.1, 0.15) is 22.3 Å². The van der Waals surface area contributed by atoms with Crippen molar-refractivity contribution in [3.8, 4) is 11.1 Å². The Labute approximate surface area is 147 Å². The van der Waals surface area contributed by atoms with Crippen LogP contribution in [0, 0.1) is 5.92 Å². The van der Waals surface area contributed by atoms with Crippen LogP contribution >= 0.6 is 0 Å². The molecular formula is C20H23N3O2. The van der Waals surface area contributed by atoms with Gasteiger partial charge in [0, 0.05) is 50.1 Å². The maximum Gasteiger partial charge on any atom is 0.250 e. The first-order valence-corrected chi connectivity index (χ1v) is 8.69. The molecule has 1 aromatic carbocycles. The maximum absolute atomic E-state index is 11.3. The van der Waals surface area contributed by atoms with Crippen LogP contribution in [-0.2, 0) is 10.2 Å². The summed E-state index contributed by atoms with van der Waals surface area (Å²) < 4.78 is 5.20. The van der Waals surface area contributed by atoms with Crippen molar-refractivity contribution in [3.05, 3.63) is 53.9 Å². The Morgan fingerprint density at radius 3 is 2.84 bits per heavy atom. The SMILES string of the molecule is COCCN1C[C@H]2C[C@@]2(c2ccc(-c3cncc(C(N)=O)c3)cc2)C1. The monoisotopic (exact) mass is 337 g/mol. The Morgan fingerprint density at radius 1 is 1.32 bits per heavy atom. The molecular weight excluding hydrogens is 314 g/mol. The molecule has 25 heavy (non-hydrogen) atoms. The molecule has 1 aliphatic heterocycles. The van der Waals surface area contributed by atoms with E-state index in [2.05, 4.69) is 34.1 Å². The summed E-state index contributed by atoms with van der Waals surface area (Å²) in [6.45, 7) is 4.11. The van der Waals surface area contributed by atoms with Gasteiger partial charge in [0.2, 0.25) is 5.91 Å². The molecule has 2 aromatic rings. The molecule has 2 atom stereocenters. The summed E-state index contributed by atoms with van der Waals surface area (Å²) in [6.07, 6.45) is 4.55. The summed E-state index contributed by atoms with van der Waals surface area (Å²) in [5.74, 6) is 0.322. The van der Waals surface area contributed by atoms with E-state index in [9.17, 15) is 4.79 Å². The van der Waals surface area contributed by atoms with Crippen LogP contribution in [-0.4, -0.2) is 49.1 Å². The molecule has 0 unspecified atom stereocenters. The molecule has 2 aliphatic rings. The standard InChI is InChI=1S/C20H23N3O2/c1-25-7-6-23-12-18-9-20(18,13-23)17-4-2-14(3-5-17)15-8-16(19(21)24)11-22-10-15/h2-5,8,10-11,18H,6-7,9,12-13H2,1H3,(H2,21,24)/t18-,20+/m1/s1. The van der Waals surface area contributed by atoms with Crippen LogP contribution in [0.15, 0.2) is 42.7 Å². The van der Waals surface area contributed by atoms with Crippen LogP contribution in [0.2, 0.25) is 0 Å². The number of likely N-dealkylation sites (tertiary alicyclic amines) is 1. The van der Waals surface area contributed by atoms with Crippen LogP contribution in [0.25, 0.3) is 11.1 Å². The molecule has 1 aromatic heterocycles. The van der Waals surface area contributed by atoms with Gasteiger partial charge in [-0.1, -0.05) is 24.3 Å². The number of carbonyl (C=O) groups is 1. The number of carbonyl (C=O) groups excluding carboxylic acids is 1. The lowest BCUT2D eigenvalue weighted by molar-refractivity contribution is 0.1000. The van der Waals surface area contributed by atoms with E-state index in [0.717, 1.165) is 36.7 Å². The lowest BCUT2D eigenvalue weighted by Gasteiger charge is -2.20. The number of ether oxygens (including phenoxy) is 1. The second kappa shape index (κ2) is 6.24. The van der Waals surface area contributed by atoms with Gasteiger partial charge in [-0.05, 0) is 29.5 Å². The number of nitrogens with two attached hydrogens (primary N) is 1. The minimum atomic E-state index is -0.451. The number of piperidine rings is 1. The Morgan fingerprint density at radius 2 is 2.12 bits per heavy atom. The van der Waals surface area contributed by atoms with E-state index in [1.54, 1.807) is 19.4 Å². The van der Waals surface area contributed by atoms with Gasteiger partial charge in [-0.15, -0.1) is 0 Å². The number of methoxy groups -OCH3 is 1. The van der Waals surface area contributed by atoms with Crippen molar-refractivity contribution in [1.29, 1.82) is 0 Å². The molecule has 2 fully saturated rings. The Balaban J connectivity index is 1.52. The van der Waals surface area contributed by atoms with Gasteiger partial charge >= 0.3 is 0 Å². The van der Waals surface area contributed by atoms with E-state index in [0.29, 0.717) is 11.0 Å². The quantitative estimate of drug-likeness (QED) is 0.876. The van der Waals surface area contributed by atoms with Crippen molar-refractivity contribution in [2.24, 2.45) is 11.7 Å². The number of amides is 1. The Bertz CT molecular complexity index is 790. The average Bonchev–Trinajstić information content (AvgIpc) is 3.22. The van der Waals surface area contributed by atoms with Crippen LogP contribution in [0.4, 0.5) is 0 Å². The fraction of sp³-hybridized carbons (Fsp3) is 0.400. The maximum atomic E-state index is 11.3. The van der Waals surface area contributed by atoms with Gasteiger partial charge in [0.05, 0.1) is 12.2 Å². The molecule has 1 saturated carbocycles. The van der Waals surface area contributed by atoms with Crippen LogP contribution in [0.5, 0.6) is 0 Å². The second-order valence-corrected chi connectivity index (χ2v) is 7.19. The highest BCUT2D eigenvalue weighted by molar-refractivity contribution is 5.93. The molecule has 2 heterocycles. The van der Waals surface area contributed by atoms with E-state index in [4.69, 9.17) is 10.5 Å². The zero-order valence-electron chi connectivity index (χ0n) is 14.4. The molecule has 130 valence electrons. The number of benzene rings is 1. The molecule has 1 amide bonds. The van der Waals surface area contributed by atoms with Gasteiger partial charge in [-0.3, -0.25) is 14.7 Å². The normalized spacial score (nSPS) is 24.9. The third-order valence-corrected chi connectivity index (χ3v) is 5.64. The van der Waals surface area contributed by atoms with Crippen LogP contribution < -0.4 is 5.73 Å². The van der Waals surface area contributed by atoms with Crippen molar-refractivity contribution in [3.63, 3.8) is 0 Å². The Kier molecular flexibility index (Phi) is 4.06. The molecule has 5 heteroatoms. The predicted molar refractivity (Wildman–Crippen MR) is 96.3 cm³/mol. The van der Waals surface area contributed by atoms with E-state index < -0.39 is 5.91 Å². The molecule has 2 N–H and O–H groups in total. The third-order valence-electron chi connectivity index (χ3n) is 5.64. The smallest absolute Gasteiger partial charge is 0.250 e. The highest BCUT2D eigenvalue weighted by atomic mass is 16.5. The number of nitrogens with zero attached hydrogens (tertiary/aromatic N) is 2. The first-order chi connectivity index (χ1) is 12.1. The average molecular weight is 337 g/mol. The third kappa shape index (κ3) is 2.94. The summed E-state index contributed by atoms with van der Waals surface area (Å²) in [5.41, 5.74) is 9.51. The van der Waals surface area contributed by atoms with Crippen molar-refractivity contribution in [2.45, 2.75) is 11.8 Å². The number of fused-ring (bicyclic) bond motifs is 1. The first kappa shape index (κ1) is 16.2. The minimum Gasteiger partial charge on any atom is -0.383 e. The Hall–Kier alpha value is -2.24. The molecule has 1 saturated heterocycles. The van der Waals surface area contributed by atoms with Crippen molar-refractivity contribution in [1.82, 2.24) is 9.88 Å². The summed E-state index contributed by atoms with van der Waals surface area (Å²) in [5, 5.41) is 0. The van der Waals surface area contributed by atoms with Crippen molar-refractivity contribution >= 4 is 5.91 Å². The number of rotatable bonds is 6. The largest absolute Gasteiger partial charge is 0.383 e. The van der Waals surface area contributed by atoms with Crippen LogP contribution in [0.3, 0.4) is 0 Å². The molecule has 5 nitrogen and oxygen atoms in total. The van der Waals surface area contributed by atoms with E-state index >= 15 is 0 Å². The number of primary amides is 1. The summed E-state index contributed by atoms with van der Waals surface area (Å²) in [7, 11) is 1.76. The first-order valence-electron chi connectivity index (χ1n) is 8.69. The number of pyridine rings is 1. The molecule has 4 rings (SSSR count). The van der Waals surface area contributed by atoms with Gasteiger partial charge in [-0.2, -0.15) is 0 Å². The van der Waals surface area contributed by atoms with Crippen molar-refractivity contribution < 1.29 is 9.53 Å². The molecule has 1 aliphatic carbocycles. The van der Waals surface area contributed by atoms with Gasteiger partial charge in [0.25, 0.3) is 0 Å². The zero-order chi connectivity index (χ0) is 17.4. The summed E-state index contributed by atoms with van der Waals surface area (Å²) in [6, 6.07) is 10.5. The molecule has 0 bridgehead atoms. The topological polar surface area (TPSA) is 68.4 Å². The molecule has 0 spiro atoms. The molecule has 0 radical (unpaired) electrons. The lowest BCUT2D eigenvalue weighted by Crippen LogP contribution is -2.29.